The molecule has 0 radical (unpaired) electrons. The van der Waals surface area contributed by atoms with Crippen molar-refractivity contribution in [3.8, 4) is 0 Å². The molecule has 0 spiro atoms. The van der Waals surface area contributed by atoms with E-state index in [0.29, 0.717) is 6.42 Å². The van der Waals surface area contributed by atoms with E-state index in [1.165, 1.54) is 13.2 Å². The molecule has 0 aliphatic carbocycles. The number of carbonyl (C=O) groups is 1. The second kappa shape index (κ2) is 9.99. The molecule has 1 aliphatic heterocycles. The first-order chi connectivity index (χ1) is 14.3. The number of ether oxygens (including phenoxy) is 3. The molecule has 0 amide bonds. The molecule has 1 heterocycles. The van der Waals surface area contributed by atoms with Crippen molar-refractivity contribution in [2.45, 2.75) is 90.2 Å². The van der Waals surface area contributed by atoms with Crippen LogP contribution >= 0.6 is 0 Å². The van der Waals surface area contributed by atoms with Gasteiger partial charge in [0.2, 0.25) is 0 Å². The lowest BCUT2D eigenvalue weighted by molar-refractivity contribution is -0.153. The third-order valence-electron chi connectivity index (χ3n) is 6.44. The van der Waals surface area contributed by atoms with E-state index in [1.54, 1.807) is 0 Å². The number of carbonyl (C=O) groups excluding carboxylic acids is 1. The summed E-state index contributed by atoms with van der Waals surface area (Å²) in [5, 5.41) is 0.0716. The second-order valence-electron chi connectivity index (χ2n) is 10.4. The van der Waals surface area contributed by atoms with Crippen molar-refractivity contribution >= 4 is 14.3 Å². The quantitative estimate of drug-likeness (QED) is 0.276. The summed E-state index contributed by atoms with van der Waals surface area (Å²) in [5.74, 6) is -0.992. The number of methoxy groups -OCH3 is 1. The average molecular weight is 449 g/mol. The van der Waals surface area contributed by atoms with Crippen LogP contribution in [0.5, 0.6) is 0 Å². The minimum atomic E-state index is -2.05. The highest BCUT2D eigenvalue weighted by atomic mass is 28.4. The zero-order valence-corrected chi connectivity index (χ0v) is 21.6. The Labute approximate surface area is 189 Å². The molecular weight excluding hydrogens is 408 g/mol. The van der Waals surface area contributed by atoms with Crippen LogP contribution in [0.25, 0.3) is 0 Å². The van der Waals surface area contributed by atoms with Crippen molar-refractivity contribution in [2.75, 3.05) is 7.11 Å². The van der Waals surface area contributed by atoms with Gasteiger partial charge in [0.1, 0.15) is 6.10 Å². The monoisotopic (exact) mass is 448 g/mol. The maximum atomic E-state index is 11.6. The van der Waals surface area contributed by atoms with Gasteiger partial charge in [-0.25, -0.2) is 4.79 Å². The Bertz CT molecular complexity index is 751. The van der Waals surface area contributed by atoms with Gasteiger partial charge in [-0.05, 0) is 44.0 Å². The summed E-state index contributed by atoms with van der Waals surface area (Å²) in [4.78, 5) is 11.6. The summed E-state index contributed by atoms with van der Waals surface area (Å²) in [6.45, 7) is 17.3. The van der Waals surface area contributed by atoms with Crippen LogP contribution in [0.1, 0.15) is 59.6 Å². The molecule has 1 aromatic rings. The van der Waals surface area contributed by atoms with Gasteiger partial charge in [-0.15, -0.1) is 0 Å². The van der Waals surface area contributed by atoms with E-state index in [-0.39, 0.29) is 35.2 Å². The summed E-state index contributed by atoms with van der Waals surface area (Å²) in [6, 6.07) is 10.2. The zero-order valence-electron chi connectivity index (χ0n) is 20.6. The lowest BCUT2D eigenvalue weighted by Gasteiger charge is -2.42. The molecule has 0 aromatic heterocycles. The van der Waals surface area contributed by atoms with E-state index in [2.05, 4.69) is 52.9 Å². The number of esters is 1. The van der Waals surface area contributed by atoms with E-state index < -0.39 is 14.1 Å². The van der Waals surface area contributed by atoms with Gasteiger partial charge in [0, 0.05) is 12.0 Å². The van der Waals surface area contributed by atoms with Crippen molar-refractivity contribution < 1.29 is 23.4 Å². The lowest BCUT2D eigenvalue weighted by Crippen LogP contribution is -2.47. The van der Waals surface area contributed by atoms with Crippen LogP contribution in [0, 0.1) is 5.92 Å². The molecule has 4 atom stereocenters. The van der Waals surface area contributed by atoms with Crippen molar-refractivity contribution in [1.82, 2.24) is 0 Å². The Balaban J connectivity index is 2.33. The molecule has 0 N–H and O–H groups in total. The Morgan fingerprint density at radius 1 is 1.19 bits per heavy atom. The van der Waals surface area contributed by atoms with Gasteiger partial charge < -0.3 is 18.6 Å². The van der Waals surface area contributed by atoms with Gasteiger partial charge in [0.05, 0.1) is 19.3 Å². The van der Waals surface area contributed by atoms with Crippen molar-refractivity contribution in [3.63, 3.8) is 0 Å². The summed E-state index contributed by atoms with van der Waals surface area (Å²) in [6.07, 6.45) is 3.46. The van der Waals surface area contributed by atoms with Crippen molar-refractivity contribution in [1.29, 1.82) is 0 Å². The van der Waals surface area contributed by atoms with Gasteiger partial charge >= 0.3 is 5.97 Å². The first-order valence-electron chi connectivity index (χ1n) is 11.1. The molecule has 174 valence electrons. The first-order valence-corrected chi connectivity index (χ1v) is 14.0. The van der Waals surface area contributed by atoms with Crippen LogP contribution in [0.4, 0.5) is 0 Å². The number of hydrogen-bond donors (Lipinski definition) is 0. The summed E-state index contributed by atoms with van der Waals surface area (Å²) in [5.41, 5.74) is 1.10. The third kappa shape index (κ3) is 6.75. The van der Waals surface area contributed by atoms with Gasteiger partial charge in [-0.1, -0.05) is 64.1 Å². The highest BCUT2D eigenvalue weighted by molar-refractivity contribution is 6.74. The van der Waals surface area contributed by atoms with Gasteiger partial charge in [-0.2, -0.15) is 0 Å². The predicted molar refractivity (Wildman–Crippen MR) is 126 cm³/mol. The number of hydrogen-bond acceptors (Lipinski definition) is 5. The fourth-order valence-electron chi connectivity index (χ4n) is 3.58. The predicted octanol–water partition coefficient (Wildman–Crippen LogP) is 6.03. The molecule has 1 aliphatic rings. The van der Waals surface area contributed by atoms with E-state index in [9.17, 15) is 4.79 Å². The van der Waals surface area contributed by atoms with Crippen LogP contribution in [0.2, 0.25) is 18.1 Å². The molecule has 0 bridgehead atoms. The summed E-state index contributed by atoms with van der Waals surface area (Å²) < 4.78 is 24.3. The zero-order chi connectivity index (χ0) is 23.4. The Hall–Kier alpha value is -1.47. The fraction of sp³-hybridized carbons (Fsp3) is 0.640. The smallest absolute Gasteiger partial charge is 0.330 e. The van der Waals surface area contributed by atoms with Gasteiger partial charge in [-0.3, -0.25) is 0 Å². The average Bonchev–Trinajstić information content (AvgIpc) is 3.01. The molecule has 0 unspecified atom stereocenters. The largest absolute Gasteiger partial charge is 0.466 e. The molecule has 1 fully saturated rings. The fourth-order valence-corrected chi connectivity index (χ4v) is 5.00. The highest BCUT2D eigenvalue weighted by Crippen LogP contribution is 2.45. The van der Waals surface area contributed by atoms with Crippen LogP contribution in [-0.4, -0.2) is 39.4 Å². The first kappa shape index (κ1) is 25.8. The van der Waals surface area contributed by atoms with Crippen LogP contribution in [-0.2, 0) is 23.4 Å². The minimum absolute atomic E-state index is 0.0448. The third-order valence-corrected chi connectivity index (χ3v) is 10.9. The molecule has 0 saturated carbocycles. The molecule has 31 heavy (non-hydrogen) atoms. The molecule has 1 aromatic carbocycles. The topological polar surface area (TPSA) is 54.0 Å². The molecular formula is C25H40O5Si. The number of benzene rings is 1. The van der Waals surface area contributed by atoms with Crippen LogP contribution < -0.4 is 0 Å². The number of rotatable bonds is 8. The molecule has 6 heteroatoms. The van der Waals surface area contributed by atoms with Crippen LogP contribution in [0.3, 0.4) is 0 Å². The standard InChI is InChI=1S/C25H40O5Si/c1-18(22-23(29-25(5,6)28-22)19-14-11-10-12-15-19)20(16-13-17-21(26)27-7)30-31(8,9)24(2,3)4/h10-15,17-18,20,22-23H,16H2,1-9H3/b17-13+/t18-,20-,22+,23+/m0/s1. The molecule has 2 rings (SSSR count). The normalized spacial score (nSPS) is 23.6. The van der Waals surface area contributed by atoms with E-state index in [1.807, 2.05) is 38.1 Å². The van der Waals surface area contributed by atoms with Crippen LogP contribution in [0.15, 0.2) is 42.5 Å². The van der Waals surface area contributed by atoms with E-state index in [4.69, 9.17) is 18.6 Å². The van der Waals surface area contributed by atoms with Gasteiger partial charge in [0.15, 0.2) is 14.1 Å². The Morgan fingerprint density at radius 3 is 2.35 bits per heavy atom. The molecule has 5 nitrogen and oxygen atoms in total. The van der Waals surface area contributed by atoms with E-state index in [0.717, 1.165) is 5.56 Å². The Kier molecular flexibility index (Phi) is 8.31. The maximum absolute atomic E-state index is 11.6. The Morgan fingerprint density at radius 2 is 1.81 bits per heavy atom. The van der Waals surface area contributed by atoms with E-state index >= 15 is 0 Å². The maximum Gasteiger partial charge on any atom is 0.330 e. The summed E-state index contributed by atoms with van der Waals surface area (Å²) in [7, 11) is -0.667. The van der Waals surface area contributed by atoms with Gasteiger partial charge in [0.25, 0.3) is 0 Å². The SMILES string of the molecule is COC(=O)/C=C/C[C@H](O[Si](C)(C)C(C)(C)C)[C@H](C)[C@H]1OC(C)(C)O[C@@H]1c1ccccc1. The lowest BCUT2D eigenvalue weighted by atomic mass is 9.89. The highest BCUT2D eigenvalue weighted by Gasteiger charge is 2.48. The van der Waals surface area contributed by atoms with Crippen molar-refractivity contribution in [2.24, 2.45) is 5.92 Å². The molecule has 1 saturated heterocycles. The summed E-state index contributed by atoms with van der Waals surface area (Å²) >= 11 is 0. The minimum Gasteiger partial charge on any atom is -0.466 e. The van der Waals surface area contributed by atoms with Crippen molar-refractivity contribution in [3.05, 3.63) is 48.0 Å². The second-order valence-corrected chi connectivity index (χ2v) is 15.1.